The predicted octanol–water partition coefficient (Wildman–Crippen LogP) is 2.53. The monoisotopic (exact) mass is 295 g/mol. The number of nitrogens with one attached hydrogen (secondary N) is 2. The van der Waals surface area contributed by atoms with Crippen molar-refractivity contribution in [3.8, 4) is 0 Å². The van der Waals surface area contributed by atoms with Gasteiger partial charge >= 0.3 is 0 Å². The number of carbonyl (C=O) groups excluding carboxylic acids is 2. The smallest absolute Gasteiger partial charge is 0.257 e. The third-order valence-electron chi connectivity index (χ3n) is 2.89. The Labute approximate surface area is 129 Å². The highest BCUT2D eigenvalue weighted by molar-refractivity contribution is 6.04. The van der Waals surface area contributed by atoms with Gasteiger partial charge in [-0.2, -0.15) is 0 Å². The molecule has 0 saturated heterocycles. The first-order chi connectivity index (χ1) is 10.7. The summed E-state index contributed by atoms with van der Waals surface area (Å²) in [6.45, 7) is 2.19. The van der Waals surface area contributed by atoms with Gasteiger partial charge in [-0.1, -0.05) is 18.2 Å². The van der Waals surface area contributed by atoms with Gasteiger partial charge in [0.25, 0.3) is 5.91 Å². The number of carbonyl (C=O) groups is 2. The van der Waals surface area contributed by atoms with E-state index in [0.29, 0.717) is 17.8 Å². The summed E-state index contributed by atoms with van der Waals surface area (Å²) >= 11 is 0. The van der Waals surface area contributed by atoms with Crippen molar-refractivity contribution >= 4 is 17.5 Å². The second kappa shape index (κ2) is 7.73. The van der Waals surface area contributed by atoms with Crippen molar-refractivity contribution in [2.75, 3.05) is 5.32 Å². The van der Waals surface area contributed by atoms with Crippen LogP contribution in [0.15, 0.2) is 60.9 Å². The molecule has 22 heavy (non-hydrogen) atoms. The van der Waals surface area contributed by atoms with Crippen LogP contribution in [0.4, 0.5) is 5.69 Å². The van der Waals surface area contributed by atoms with Crippen LogP contribution in [0.1, 0.15) is 22.8 Å². The van der Waals surface area contributed by atoms with E-state index in [1.165, 1.54) is 12.3 Å². The van der Waals surface area contributed by atoms with E-state index in [2.05, 4.69) is 15.6 Å². The quantitative estimate of drug-likeness (QED) is 0.833. The predicted molar refractivity (Wildman–Crippen MR) is 85.3 cm³/mol. The molecule has 0 radical (unpaired) electrons. The Morgan fingerprint density at radius 1 is 1.23 bits per heavy atom. The molecule has 0 aliphatic rings. The van der Waals surface area contributed by atoms with Crippen molar-refractivity contribution in [2.45, 2.75) is 13.5 Å². The van der Waals surface area contributed by atoms with Gasteiger partial charge in [-0.3, -0.25) is 14.6 Å². The molecule has 5 nitrogen and oxygen atoms in total. The molecule has 0 spiro atoms. The molecule has 1 aromatic heterocycles. The molecule has 0 aliphatic carbocycles. The van der Waals surface area contributed by atoms with Crippen LogP contribution in [0.2, 0.25) is 0 Å². The molecule has 112 valence electrons. The minimum atomic E-state index is -0.219. The normalized spacial score (nSPS) is 10.4. The minimum Gasteiger partial charge on any atom is -0.348 e. The van der Waals surface area contributed by atoms with Gasteiger partial charge in [0, 0.05) is 24.6 Å². The molecule has 2 N–H and O–H groups in total. The lowest BCUT2D eigenvalue weighted by Gasteiger charge is -2.08. The topological polar surface area (TPSA) is 71.1 Å². The molecular formula is C17H17N3O2. The summed E-state index contributed by atoms with van der Waals surface area (Å²) in [6, 6.07) is 10.7. The Bertz CT molecular complexity index is 681. The lowest BCUT2D eigenvalue weighted by Crippen LogP contribution is -2.20. The van der Waals surface area contributed by atoms with Gasteiger partial charge in [0.15, 0.2) is 0 Å². The third-order valence-corrected chi connectivity index (χ3v) is 2.89. The highest BCUT2D eigenvalue weighted by Crippen LogP contribution is 2.12. The molecule has 2 amide bonds. The second-order valence-electron chi connectivity index (χ2n) is 4.61. The zero-order valence-electron chi connectivity index (χ0n) is 12.2. The Kier molecular flexibility index (Phi) is 5.43. The van der Waals surface area contributed by atoms with Crippen LogP contribution >= 0.6 is 0 Å². The molecule has 0 bridgehead atoms. The average Bonchev–Trinajstić information content (AvgIpc) is 2.54. The first-order valence-corrected chi connectivity index (χ1v) is 6.90. The van der Waals surface area contributed by atoms with E-state index < -0.39 is 0 Å². The van der Waals surface area contributed by atoms with Gasteiger partial charge in [-0.05, 0) is 42.8 Å². The maximum absolute atomic E-state index is 12.0. The maximum Gasteiger partial charge on any atom is 0.257 e. The summed E-state index contributed by atoms with van der Waals surface area (Å²) in [5.41, 5.74) is 2.07. The molecule has 1 heterocycles. The highest BCUT2D eigenvalue weighted by atomic mass is 16.2. The van der Waals surface area contributed by atoms with Gasteiger partial charge in [0.2, 0.25) is 5.91 Å². The fraction of sp³-hybridized carbons (Fsp3) is 0.118. The largest absolute Gasteiger partial charge is 0.348 e. The number of amides is 2. The molecule has 2 aromatic rings. The number of rotatable bonds is 5. The Balaban J connectivity index is 1.99. The Morgan fingerprint density at radius 3 is 2.82 bits per heavy atom. The van der Waals surface area contributed by atoms with Crippen LogP contribution in [0.25, 0.3) is 0 Å². The van der Waals surface area contributed by atoms with Gasteiger partial charge in [-0.15, -0.1) is 0 Å². The molecule has 0 aliphatic heterocycles. The molecule has 0 atom stereocenters. The first-order valence-electron chi connectivity index (χ1n) is 6.90. The fourth-order valence-corrected chi connectivity index (χ4v) is 1.86. The molecular weight excluding hydrogens is 278 g/mol. The Morgan fingerprint density at radius 2 is 2.09 bits per heavy atom. The van der Waals surface area contributed by atoms with Crippen molar-refractivity contribution < 1.29 is 9.59 Å². The van der Waals surface area contributed by atoms with E-state index in [1.807, 2.05) is 18.2 Å². The summed E-state index contributed by atoms with van der Waals surface area (Å²) in [5, 5.41) is 5.57. The summed E-state index contributed by atoms with van der Waals surface area (Å²) in [4.78, 5) is 27.4. The van der Waals surface area contributed by atoms with Crippen LogP contribution in [0.5, 0.6) is 0 Å². The van der Waals surface area contributed by atoms with E-state index in [0.717, 1.165) is 5.56 Å². The summed E-state index contributed by atoms with van der Waals surface area (Å²) in [5.74, 6) is -0.365. The van der Waals surface area contributed by atoms with E-state index >= 15 is 0 Å². The zero-order chi connectivity index (χ0) is 15.8. The van der Waals surface area contributed by atoms with Gasteiger partial charge < -0.3 is 10.6 Å². The second-order valence-corrected chi connectivity index (χ2v) is 4.61. The van der Waals surface area contributed by atoms with Crippen LogP contribution in [-0.4, -0.2) is 16.8 Å². The van der Waals surface area contributed by atoms with Crippen molar-refractivity contribution in [3.63, 3.8) is 0 Å². The number of benzene rings is 1. The van der Waals surface area contributed by atoms with E-state index in [-0.39, 0.29) is 11.8 Å². The van der Waals surface area contributed by atoms with Gasteiger partial charge in [-0.25, -0.2) is 0 Å². The van der Waals surface area contributed by atoms with Crippen LogP contribution < -0.4 is 10.6 Å². The number of hydrogen-bond acceptors (Lipinski definition) is 3. The molecule has 0 unspecified atom stereocenters. The lowest BCUT2D eigenvalue weighted by molar-refractivity contribution is -0.116. The molecule has 0 fully saturated rings. The number of nitrogens with zero attached hydrogens (tertiary/aromatic N) is 1. The van der Waals surface area contributed by atoms with Crippen molar-refractivity contribution in [1.29, 1.82) is 0 Å². The summed E-state index contributed by atoms with van der Waals surface area (Å²) in [7, 11) is 0. The number of pyridine rings is 1. The zero-order valence-corrected chi connectivity index (χ0v) is 12.2. The van der Waals surface area contributed by atoms with E-state index in [1.54, 1.807) is 37.4 Å². The molecule has 0 saturated carbocycles. The SMILES string of the molecule is C/C=C/C(=O)NCc1cccc(NC(=O)c2cccnc2)c1. The van der Waals surface area contributed by atoms with Crippen molar-refractivity contribution in [3.05, 3.63) is 72.1 Å². The van der Waals surface area contributed by atoms with Crippen molar-refractivity contribution in [1.82, 2.24) is 10.3 Å². The standard InChI is InChI=1S/C17H17N3O2/c1-2-5-16(21)19-11-13-6-3-8-15(10-13)20-17(22)14-7-4-9-18-12-14/h2-10,12H,11H2,1H3,(H,19,21)(H,20,22)/b5-2+. The van der Waals surface area contributed by atoms with E-state index in [4.69, 9.17) is 0 Å². The summed E-state index contributed by atoms with van der Waals surface area (Å²) in [6.07, 6.45) is 6.27. The number of anilines is 1. The minimum absolute atomic E-state index is 0.146. The van der Waals surface area contributed by atoms with Crippen LogP contribution in [-0.2, 0) is 11.3 Å². The fourth-order valence-electron chi connectivity index (χ4n) is 1.86. The van der Waals surface area contributed by atoms with Crippen LogP contribution in [0, 0.1) is 0 Å². The average molecular weight is 295 g/mol. The number of hydrogen-bond donors (Lipinski definition) is 2. The van der Waals surface area contributed by atoms with Crippen molar-refractivity contribution in [2.24, 2.45) is 0 Å². The Hall–Kier alpha value is -2.95. The first kappa shape index (κ1) is 15.4. The van der Waals surface area contributed by atoms with Crippen LogP contribution in [0.3, 0.4) is 0 Å². The lowest BCUT2D eigenvalue weighted by atomic mass is 10.2. The van der Waals surface area contributed by atoms with E-state index in [9.17, 15) is 9.59 Å². The molecule has 1 aromatic carbocycles. The molecule has 2 rings (SSSR count). The number of aromatic nitrogens is 1. The molecule has 5 heteroatoms. The number of allylic oxidation sites excluding steroid dienone is 1. The van der Waals surface area contributed by atoms with Gasteiger partial charge in [0.1, 0.15) is 0 Å². The third kappa shape index (κ3) is 4.56. The maximum atomic E-state index is 12.0. The highest BCUT2D eigenvalue weighted by Gasteiger charge is 2.06. The summed E-state index contributed by atoms with van der Waals surface area (Å²) < 4.78 is 0. The van der Waals surface area contributed by atoms with Gasteiger partial charge in [0.05, 0.1) is 5.56 Å².